The average molecular weight is 488 g/mol. The Morgan fingerprint density at radius 1 is 0.757 bits per heavy atom. The number of carbonyl (C=O) groups excluding carboxylic acids is 2. The van der Waals surface area contributed by atoms with Crippen molar-refractivity contribution in [3.8, 4) is 28.1 Å². The molecule has 1 heterocycles. The Hall–Kier alpha value is -4.77. The predicted molar refractivity (Wildman–Crippen MR) is 145 cm³/mol. The molecule has 0 N–H and O–H groups in total. The van der Waals surface area contributed by atoms with Gasteiger partial charge in [-0.3, -0.25) is 4.79 Å². The summed E-state index contributed by atoms with van der Waals surface area (Å²) in [6.45, 7) is 1.60. The van der Waals surface area contributed by atoms with Gasteiger partial charge in [-0.25, -0.2) is 9.78 Å². The summed E-state index contributed by atoms with van der Waals surface area (Å²) in [6.07, 6.45) is 0. The van der Waals surface area contributed by atoms with Crippen LogP contribution in [-0.4, -0.2) is 30.5 Å². The summed E-state index contributed by atoms with van der Waals surface area (Å²) in [6, 6.07) is 32.4. The number of ketones is 1. The molecule has 182 valence electrons. The first-order valence-electron chi connectivity index (χ1n) is 11.9. The minimum Gasteiger partial charge on any atom is -0.497 e. The molecule has 5 nitrogen and oxygen atoms in total. The number of aryl methyl sites for hydroxylation is 1. The van der Waals surface area contributed by atoms with Gasteiger partial charge in [-0.05, 0) is 60.5 Å². The van der Waals surface area contributed by atoms with Crippen LogP contribution in [0.15, 0.2) is 103 Å². The molecule has 0 bridgehead atoms. The fraction of sp³-hybridized carbons (Fsp3) is 0.0938. The van der Waals surface area contributed by atoms with E-state index in [0.717, 1.165) is 22.3 Å². The maximum absolute atomic E-state index is 13.2. The third-order valence-electron chi connectivity index (χ3n) is 6.22. The molecule has 5 aromatic rings. The molecule has 4 aromatic carbocycles. The third kappa shape index (κ3) is 5.26. The Kier molecular flexibility index (Phi) is 6.77. The molecule has 37 heavy (non-hydrogen) atoms. The zero-order valence-corrected chi connectivity index (χ0v) is 20.6. The normalized spacial score (nSPS) is 10.8. The zero-order chi connectivity index (χ0) is 25.8. The molecule has 0 unspecified atom stereocenters. The molecule has 0 aliphatic rings. The molecule has 5 rings (SSSR count). The number of fused-ring (bicyclic) bond motifs is 1. The molecule has 0 fully saturated rings. The number of hydrogen-bond acceptors (Lipinski definition) is 5. The maximum atomic E-state index is 13.2. The second-order valence-corrected chi connectivity index (χ2v) is 8.75. The van der Waals surface area contributed by atoms with E-state index in [0.29, 0.717) is 33.5 Å². The summed E-state index contributed by atoms with van der Waals surface area (Å²) in [4.78, 5) is 30.6. The van der Waals surface area contributed by atoms with E-state index in [1.54, 1.807) is 37.4 Å². The van der Waals surface area contributed by atoms with Crippen LogP contribution in [-0.2, 0) is 4.74 Å². The number of methoxy groups -OCH3 is 1. The van der Waals surface area contributed by atoms with Crippen molar-refractivity contribution in [3.63, 3.8) is 0 Å². The first kappa shape index (κ1) is 23.9. The monoisotopic (exact) mass is 487 g/mol. The van der Waals surface area contributed by atoms with Crippen LogP contribution in [0, 0.1) is 6.92 Å². The van der Waals surface area contributed by atoms with Gasteiger partial charge >= 0.3 is 5.97 Å². The van der Waals surface area contributed by atoms with E-state index in [1.807, 2.05) is 67.6 Å². The second-order valence-electron chi connectivity index (χ2n) is 8.75. The van der Waals surface area contributed by atoms with Gasteiger partial charge in [-0.1, -0.05) is 66.2 Å². The largest absolute Gasteiger partial charge is 0.497 e. The zero-order valence-electron chi connectivity index (χ0n) is 20.6. The average Bonchev–Trinajstić information content (AvgIpc) is 2.95. The van der Waals surface area contributed by atoms with Crippen molar-refractivity contribution in [2.24, 2.45) is 0 Å². The van der Waals surface area contributed by atoms with Gasteiger partial charge < -0.3 is 9.47 Å². The van der Waals surface area contributed by atoms with Gasteiger partial charge in [-0.15, -0.1) is 0 Å². The highest BCUT2D eigenvalue weighted by atomic mass is 16.5. The number of ether oxygens (including phenoxy) is 2. The van der Waals surface area contributed by atoms with E-state index < -0.39 is 5.97 Å². The van der Waals surface area contributed by atoms with Crippen LogP contribution in [0.4, 0.5) is 0 Å². The number of Topliss-reactive ketones (excluding diaryl/α,β-unsaturated/α-hetero) is 1. The molecule has 0 saturated carbocycles. The van der Waals surface area contributed by atoms with Gasteiger partial charge in [0, 0.05) is 16.5 Å². The van der Waals surface area contributed by atoms with Crippen molar-refractivity contribution in [2.45, 2.75) is 6.92 Å². The van der Waals surface area contributed by atoms with Crippen LogP contribution in [0.2, 0.25) is 0 Å². The van der Waals surface area contributed by atoms with E-state index >= 15 is 0 Å². The van der Waals surface area contributed by atoms with Gasteiger partial charge in [-0.2, -0.15) is 0 Å². The molecule has 0 aliphatic heterocycles. The third-order valence-corrected chi connectivity index (χ3v) is 6.22. The standard InChI is InChI=1S/C32H25NO4/c1-21-8-17-29-27(18-21)28(32(35)37-20-31(34)25-13-15-26(36-2)16-14-25)19-30(33-29)24-11-9-23(10-12-24)22-6-4-3-5-7-22/h3-19H,20H2,1-2H3. The quantitative estimate of drug-likeness (QED) is 0.184. The Morgan fingerprint density at radius 2 is 1.43 bits per heavy atom. The number of rotatable bonds is 7. The Morgan fingerprint density at radius 3 is 2.14 bits per heavy atom. The van der Waals surface area contributed by atoms with Crippen LogP contribution in [0.1, 0.15) is 26.3 Å². The van der Waals surface area contributed by atoms with Crippen LogP contribution in [0.5, 0.6) is 5.75 Å². The summed E-state index contributed by atoms with van der Waals surface area (Å²) in [5.74, 6) is -0.208. The Balaban J connectivity index is 1.43. The van der Waals surface area contributed by atoms with Crippen LogP contribution in [0.25, 0.3) is 33.3 Å². The van der Waals surface area contributed by atoms with Crippen LogP contribution < -0.4 is 4.74 Å². The number of pyridine rings is 1. The minimum absolute atomic E-state index is 0.290. The summed E-state index contributed by atoms with van der Waals surface area (Å²) < 4.78 is 10.6. The number of benzene rings is 4. The first-order chi connectivity index (χ1) is 18.0. The van der Waals surface area contributed by atoms with Crippen molar-refractivity contribution in [3.05, 3.63) is 120 Å². The van der Waals surface area contributed by atoms with E-state index in [-0.39, 0.29) is 12.4 Å². The van der Waals surface area contributed by atoms with Gasteiger partial charge in [0.05, 0.1) is 23.9 Å². The molecule has 0 saturated heterocycles. The smallest absolute Gasteiger partial charge is 0.339 e. The van der Waals surface area contributed by atoms with Crippen LogP contribution >= 0.6 is 0 Å². The number of esters is 1. The van der Waals surface area contributed by atoms with Crippen molar-refractivity contribution in [1.29, 1.82) is 0 Å². The number of nitrogens with zero attached hydrogens (tertiary/aromatic N) is 1. The summed E-state index contributed by atoms with van der Waals surface area (Å²) in [7, 11) is 1.56. The minimum atomic E-state index is -0.568. The predicted octanol–water partition coefficient (Wildman–Crippen LogP) is 6.93. The molecule has 5 heteroatoms. The molecule has 0 amide bonds. The maximum Gasteiger partial charge on any atom is 0.339 e. The van der Waals surface area contributed by atoms with Gasteiger partial charge in [0.15, 0.2) is 12.4 Å². The lowest BCUT2D eigenvalue weighted by Gasteiger charge is -2.11. The molecule has 0 aliphatic carbocycles. The lowest BCUT2D eigenvalue weighted by atomic mass is 10.00. The summed E-state index contributed by atoms with van der Waals surface area (Å²) >= 11 is 0. The molecular weight excluding hydrogens is 462 g/mol. The Labute approximate surface area is 215 Å². The van der Waals surface area contributed by atoms with E-state index in [2.05, 4.69) is 12.1 Å². The first-order valence-corrected chi connectivity index (χ1v) is 11.9. The van der Waals surface area contributed by atoms with Gasteiger partial charge in [0.1, 0.15) is 5.75 Å². The lowest BCUT2D eigenvalue weighted by Crippen LogP contribution is -2.15. The highest BCUT2D eigenvalue weighted by Gasteiger charge is 2.18. The van der Waals surface area contributed by atoms with Crippen LogP contribution in [0.3, 0.4) is 0 Å². The molecule has 0 atom stereocenters. The van der Waals surface area contributed by atoms with Gasteiger partial charge in [0.2, 0.25) is 0 Å². The van der Waals surface area contributed by atoms with Crippen molar-refractivity contribution in [2.75, 3.05) is 13.7 Å². The van der Waals surface area contributed by atoms with E-state index in [4.69, 9.17) is 14.5 Å². The fourth-order valence-electron chi connectivity index (χ4n) is 4.19. The highest BCUT2D eigenvalue weighted by Crippen LogP contribution is 2.28. The summed E-state index contributed by atoms with van der Waals surface area (Å²) in [5.41, 5.74) is 6.26. The molecule has 0 radical (unpaired) electrons. The number of aromatic nitrogens is 1. The van der Waals surface area contributed by atoms with E-state index in [1.165, 1.54) is 0 Å². The van der Waals surface area contributed by atoms with Gasteiger partial charge in [0.25, 0.3) is 0 Å². The number of carbonyl (C=O) groups is 2. The lowest BCUT2D eigenvalue weighted by molar-refractivity contribution is 0.0476. The van der Waals surface area contributed by atoms with Crippen molar-refractivity contribution < 1.29 is 19.1 Å². The second kappa shape index (κ2) is 10.5. The van der Waals surface area contributed by atoms with E-state index in [9.17, 15) is 9.59 Å². The SMILES string of the molecule is COc1ccc(C(=O)COC(=O)c2cc(-c3ccc(-c4ccccc4)cc3)nc3ccc(C)cc23)cc1. The topological polar surface area (TPSA) is 65.5 Å². The molecular formula is C32H25NO4. The van der Waals surface area contributed by atoms with Crippen molar-refractivity contribution >= 4 is 22.7 Å². The summed E-state index contributed by atoms with van der Waals surface area (Å²) in [5, 5.41) is 0.687. The fourth-order valence-corrected chi connectivity index (χ4v) is 4.19. The molecule has 1 aromatic heterocycles. The van der Waals surface area contributed by atoms with Crippen molar-refractivity contribution in [1.82, 2.24) is 4.98 Å². The number of hydrogen-bond donors (Lipinski definition) is 0. The highest BCUT2D eigenvalue weighted by molar-refractivity contribution is 6.06. The molecule has 0 spiro atoms. The Bertz CT molecular complexity index is 1570.